The van der Waals surface area contributed by atoms with Gasteiger partial charge in [0.25, 0.3) is 0 Å². The monoisotopic (exact) mass is 385 g/mol. The van der Waals surface area contributed by atoms with Crippen molar-refractivity contribution in [1.29, 1.82) is 0 Å². The molecule has 1 N–H and O–H groups in total. The normalized spacial score (nSPS) is 11.3. The van der Waals surface area contributed by atoms with Crippen LogP contribution in [0.2, 0.25) is 0 Å². The van der Waals surface area contributed by atoms with E-state index in [0.29, 0.717) is 23.8 Å². The van der Waals surface area contributed by atoms with Gasteiger partial charge in [0, 0.05) is 12.6 Å². The zero-order chi connectivity index (χ0) is 18.4. The van der Waals surface area contributed by atoms with Gasteiger partial charge >= 0.3 is 0 Å². The largest absolute Gasteiger partial charge is 0.494 e. The minimum Gasteiger partial charge on any atom is -0.494 e. The summed E-state index contributed by atoms with van der Waals surface area (Å²) in [6.07, 6.45) is 0. The standard InChI is InChI=1S/C19H24FNO4.ClH/c1-12(14-6-7-16(22-2)15(20)10-14)21-11-13-8-17(23-3)19(25-5)18(9-13)24-4;/h6-10,12,21H,11H2,1-5H3;1H. The molecule has 0 heterocycles. The lowest BCUT2D eigenvalue weighted by atomic mass is 10.1. The molecule has 0 saturated heterocycles. The number of nitrogens with one attached hydrogen (secondary N) is 1. The lowest BCUT2D eigenvalue weighted by Gasteiger charge is -2.17. The summed E-state index contributed by atoms with van der Waals surface area (Å²) in [5.41, 5.74) is 1.81. The third-order valence-electron chi connectivity index (χ3n) is 4.01. The van der Waals surface area contributed by atoms with Gasteiger partial charge in [0.05, 0.1) is 28.4 Å². The van der Waals surface area contributed by atoms with Crippen molar-refractivity contribution in [3.63, 3.8) is 0 Å². The Balaban J connectivity index is 0.00000338. The van der Waals surface area contributed by atoms with E-state index in [-0.39, 0.29) is 30.0 Å². The molecule has 0 bridgehead atoms. The summed E-state index contributed by atoms with van der Waals surface area (Å²) in [5.74, 6) is 1.62. The molecule has 0 aliphatic heterocycles. The van der Waals surface area contributed by atoms with Crippen molar-refractivity contribution < 1.29 is 23.3 Å². The Bertz CT molecular complexity index is 702. The maximum atomic E-state index is 13.9. The average molecular weight is 386 g/mol. The van der Waals surface area contributed by atoms with Gasteiger partial charge in [0.15, 0.2) is 23.1 Å². The van der Waals surface area contributed by atoms with Crippen LogP contribution in [0.4, 0.5) is 4.39 Å². The molecular weight excluding hydrogens is 361 g/mol. The Morgan fingerprint density at radius 2 is 1.46 bits per heavy atom. The molecule has 7 heteroatoms. The fourth-order valence-electron chi connectivity index (χ4n) is 2.58. The summed E-state index contributed by atoms with van der Waals surface area (Å²) in [4.78, 5) is 0. The Kier molecular flexibility index (Phi) is 8.48. The van der Waals surface area contributed by atoms with Gasteiger partial charge in [-0.15, -0.1) is 12.4 Å². The topological polar surface area (TPSA) is 49.0 Å². The van der Waals surface area contributed by atoms with Gasteiger partial charge < -0.3 is 24.3 Å². The number of methoxy groups -OCH3 is 4. The smallest absolute Gasteiger partial charge is 0.203 e. The first-order valence-corrected chi connectivity index (χ1v) is 7.89. The molecule has 1 unspecified atom stereocenters. The van der Waals surface area contributed by atoms with Gasteiger partial charge in [-0.05, 0) is 42.3 Å². The summed E-state index contributed by atoms with van der Waals surface area (Å²) in [6, 6.07) is 8.67. The van der Waals surface area contributed by atoms with Crippen molar-refractivity contribution in [3.8, 4) is 23.0 Å². The zero-order valence-corrected chi connectivity index (χ0v) is 16.4. The van der Waals surface area contributed by atoms with Crippen LogP contribution in [0.15, 0.2) is 30.3 Å². The van der Waals surface area contributed by atoms with E-state index in [1.807, 2.05) is 25.1 Å². The van der Waals surface area contributed by atoms with E-state index < -0.39 is 0 Å². The van der Waals surface area contributed by atoms with E-state index >= 15 is 0 Å². The van der Waals surface area contributed by atoms with Crippen LogP contribution in [0.5, 0.6) is 23.0 Å². The molecule has 144 valence electrons. The summed E-state index contributed by atoms with van der Waals surface area (Å²) < 4.78 is 34.8. The third-order valence-corrected chi connectivity index (χ3v) is 4.01. The van der Waals surface area contributed by atoms with Crippen molar-refractivity contribution >= 4 is 12.4 Å². The predicted molar refractivity (Wildman–Crippen MR) is 102 cm³/mol. The van der Waals surface area contributed by atoms with Crippen LogP contribution in [-0.4, -0.2) is 28.4 Å². The molecule has 2 aromatic carbocycles. The highest BCUT2D eigenvalue weighted by molar-refractivity contribution is 5.85. The highest BCUT2D eigenvalue weighted by Gasteiger charge is 2.14. The summed E-state index contributed by atoms with van der Waals surface area (Å²) in [5, 5.41) is 3.36. The SMILES string of the molecule is COc1ccc(C(C)NCc2cc(OC)c(OC)c(OC)c2)cc1F.Cl. The molecule has 0 radical (unpaired) electrons. The van der Waals surface area contributed by atoms with Gasteiger partial charge in [-0.2, -0.15) is 0 Å². The lowest BCUT2D eigenvalue weighted by molar-refractivity contribution is 0.323. The first-order valence-electron chi connectivity index (χ1n) is 7.89. The maximum absolute atomic E-state index is 13.9. The first kappa shape index (κ1) is 21.9. The van der Waals surface area contributed by atoms with Crippen molar-refractivity contribution in [2.45, 2.75) is 19.5 Å². The van der Waals surface area contributed by atoms with E-state index in [1.165, 1.54) is 13.2 Å². The zero-order valence-electron chi connectivity index (χ0n) is 15.6. The van der Waals surface area contributed by atoms with Gasteiger partial charge in [-0.3, -0.25) is 0 Å². The van der Waals surface area contributed by atoms with E-state index in [1.54, 1.807) is 27.4 Å². The first-order chi connectivity index (χ1) is 12.0. The second-order valence-corrected chi connectivity index (χ2v) is 5.53. The molecule has 0 fully saturated rings. The summed E-state index contributed by atoms with van der Waals surface area (Å²) in [7, 11) is 6.18. The van der Waals surface area contributed by atoms with E-state index in [2.05, 4.69) is 5.32 Å². The Hall–Kier alpha value is -2.18. The highest BCUT2D eigenvalue weighted by atomic mass is 35.5. The van der Waals surface area contributed by atoms with Crippen LogP contribution in [0.1, 0.15) is 24.1 Å². The van der Waals surface area contributed by atoms with Gasteiger partial charge in [0.2, 0.25) is 5.75 Å². The van der Waals surface area contributed by atoms with Crippen LogP contribution in [-0.2, 0) is 6.54 Å². The van der Waals surface area contributed by atoms with Crippen LogP contribution >= 0.6 is 12.4 Å². The molecule has 26 heavy (non-hydrogen) atoms. The molecule has 0 aromatic heterocycles. The molecule has 0 amide bonds. The number of benzene rings is 2. The molecular formula is C19H25ClFNO4. The number of halogens is 2. The van der Waals surface area contributed by atoms with E-state index in [0.717, 1.165) is 11.1 Å². The van der Waals surface area contributed by atoms with Crippen molar-refractivity contribution in [2.75, 3.05) is 28.4 Å². The Morgan fingerprint density at radius 3 is 1.92 bits per heavy atom. The number of hydrogen-bond acceptors (Lipinski definition) is 5. The van der Waals surface area contributed by atoms with Crippen LogP contribution in [0, 0.1) is 5.82 Å². The quantitative estimate of drug-likeness (QED) is 0.740. The minimum absolute atomic E-state index is 0. The van der Waals surface area contributed by atoms with Gasteiger partial charge in [-0.25, -0.2) is 4.39 Å². The van der Waals surface area contributed by atoms with Crippen LogP contribution in [0.3, 0.4) is 0 Å². The molecule has 0 spiro atoms. The third kappa shape index (κ3) is 4.93. The number of ether oxygens (including phenoxy) is 4. The number of hydrogen-bond donors (Lipinski definition) is 1. The highest BCUT2D eigenvalue weighted by Crippen LogP contribution is 2.38. The molecule has 5 nitrogen and oxygen atoms in total. The minimum atomic E-state index is -0.374. The molecule has 0 aliphatic carbocycles. The molecule has 0 aliphatic rings. The summed E-state index contributed by atoms with van der Waals surface area (Å²) >= 11 is 0. The van der Waals surface area contributed by atoms with Crippen molar-refractivity contribution in [2.24, 2.45) is 0 Å². The van der Waals surface area contributed by atoms with Gasteiger partial charge in [0.1, 0.15) is 0 Å². The maximum Gasteiger partial charge on any atom is 0.203 e. The molecule has 2 aromatic rings. The molecule has 2 rings (SSSR count). The fourth-order valence-corrected chi connectivity index (χ4v) is 2.58. The van der Waals surface area contributed by atoms with E-state index in [9.17, 15) is 4.39 Å². The van der Waals surface area contributed by atoms with Crippen LogP contribution < -0.4 is 24.3 Å². The van der Waals surface area contributed by atoms with E-state index in [4.69, 9.17) is 18.9 Å². The second-order valence-electron chi connectivity index (χ2n) is 5.53. The fraction of sp³-hybridized carbons (Fsp3) is 0.368. The van der Waals surface area contributed by atoms with Gasteiger partial charge in [-0.1, -0.05) is 6.07 Å². The van der Waals surface area contributed by atoms with Crippen molar-refractivity contribution in [1.82, 2.24) is 5.32 Å². The predicted octanol–water partition coefficient (Wildman–Crippen LogP) is 4.13. The van der Waals surface area contributed by atoms with Crippen LogP contribution in [0.25, 0.3) is 0 Å². The Morgan fingerprint density at radius 1 is 0.885 bits per heavy atom. The number of rotatable bonds is 8. The average Bonchev–Trinajstić information content (AvgIpc) is 2.64. The molecule has 1 atom stereocenters. The lowest BCUT2D eigenvalue weighted by Crippen LogP contribution is -2.18. The summed E-state index contributed by atoms with van der Waals surface area (Å²) in [6.45, 7) is 2.53. The Labute approximate surface area is 159 Å². The molecule has 0 saturated carbocycles. The second kappa shape index (κ2) is 10.1. The van der Waals surface area contributed by atoms with Crippen molar-refractivity contribution in [3.05, 3.63) is 47.3 Å².